The molecule has 2 amide bonds. The molecule has 0 fully saturated rings. The summed E-state index contributed by atoms with van der Waals surface area (Å²) in [5.74, 6) is -4.47. The number of nitrogens with one attached hydrogen (secondary N) is 2. The fourth-order valence-corrected chi connectivity index (χ4v) is 2.40. The number of hydrogen-bond donors (Lipinski definition) is 6. The van der Waals surface area contributed by atoms with Gasteiger partial charge in [-0.3, -0.25) is 14.4 Å². The van der Waals surface area contributed by atoms with Gasteiger partial charge in [-0.2, -0.15) is 0 Å². The van der Waals surface area contributed by atoms with E-state index in [9.17, 15) is 29.4 Å². The van der Waals surface area contributed by atoms with Crippen molar-refractivity contribution in [2.45, 2.75) is 44.8 Å². The fourth-order valence-electron chi connectivity index (χ4n) is 2.40. The molecule has 0 unspecified atom stereocenters. The van der Waals surface area contributed by atoms with Gasteiger partial charge in [0.2, 0.25) is 11.8 Å². The summed E-state index contributed by atoms with van der Waals surface area (Å²) in [5, 5.41) is 32.1. The third kappa shape index (κ3) is 7.23. The number of rotatable bonds is 10. The van der Waals surface area contributed by atoms with Gasteiger partial charge in [-0.25, -0.2) is 4.79 Å². The van der Waals surface area contributed by atoms with Crippen LogP contribution >= 0.6 is 0 Å². The lowest BCUT2D eigenvalue weighted by Crippen LogP contribution is -2.56. The minimum absolute atomic E-state index is 0.0118. The highest BCUT2D eigenvalue weighted by Crippen LogP contribution is 2.12. The van der Waals surface area contributed by atoms with Crippen LogP contribution in [-0.4, -0.2) is 57.2 Å². The van der Waals surface area contributed by atoms with Gasteiger partial charge in [-0.05, 0) is 23.6 Å². The zero-order valence-corrected chi connectivity index (χ0v) is 15.6. The van der Waals surface area contributed by atoms with Crippen molar-refractivity contribution >= 4 is 23.8 Å². The zero-order valence-electron chi connectivity index (χ0n) is 15.6. The summed E-state index contributed by atoms with van der Waals surface area (Å²) in [7, 11) is 0. The molecule has 10 nitrogen and oxygen atoms in total. The van der Waals surface area contributed by atoms with Crippen molar-refractivity contribution in [2.24, 2.45) is 11.7 Å². The molecule has 0 aliphatic heterocycles. The Bertz CT molecular complexity index is 718. The second kappa shape index (κ2) is 10.3. The van der Waals surface area contributed by atoms with Crippen molar-refractivity contribution in [3.63, 3.8) is 0 Å². The van der Waals surface area contributed by atoms with Crippen LogP contribution in [0.1, 0.15) is 25.8 Å². The highest BCUT2D eigenvalue weighted by molar-refractivity contribution is 5.93. The Labute approximate surface area is 161 Å². The van der Waals surface area contributed by atoms with E-state index < -0.39 is 54.2 Å². The Kier molecular flexibility index (Phi) is 8.39. The average molecular weight is 395 g/mol. The summed E-state index contributed by atoms with van der Waals surface area (Å²) in [4.78, 5) is 46.8. The first kappa shape index (κ1) is 22.9. The first-order valence-corrected chi connectivity index (χ1v) is 8.60. The van der Waals surface area contributed by atoms with E-state index in [1.54, 1.807) is 13.8 Å². The summed E-state index contributed by atoms with van der Waals surface area (Å²) in [6.07, 6.45) is -0.634. The summed E-state index contributed by atoms with van der Waals surface area (Å²) in [6, 6.07) is 2.16. The van der Waals surface area contributed by atoms with Crippen LogP contribution in [0.2, 0.25) is 0 Å². The number of carbonyl (C=O) groups excluding carboxylic acids is 2. The van der Waals surface area contributed by atoms with Crippen LogP contribution in [0.25, 0.3) is 0 Å². The average Bonchev–Trinajstić information content (AvgIpc) is 2.59. The summed E-state index contributed by atoms with van der Waals surface area (Å²) in [6.45, 7) is 3.24. The monoisotopic (exact) mass is 395 g/mol. The van der Waals surface area contributed by atoms with E-state index in [1.165, 1.54) is 24.3 Å². The highest BCUT2D eigenvalue weighted by Gasteiger charge is 2.30. The molecule has 0 spiro atoms. The molecule has 0 aromatic heterocycles. The Morgan fingerprint density at radius 3 is 2.04 bits per heavy atom. The fraction of sp³-hybridized carbons (Fsp3) is 0.444. The third-order valence-electron chi connectivity index (χ3n) is 3.97. The topological polar surface area (TPSA) is 179 Å². The molecular weight excluding hydrogens is 370 g/mol. The maximum Gasteiger partial charge on any atom is 0.326 e. The van der Waals surface area contributed by atoms with Crippen molar-refractivity contribution in [1.29, 1.82) is 0 Å². The van der Waals surface area contributed by atoms with Gasteiger partial charge in [-0.1, -0.05) is 26.0 Å². The number of benzene rings is 1. The summed E-state index contributed by atoms with van der Waals surface area (Å²) in [5.41, 5.74) is 6.11. The Morgan fingerprint density at radius 2 is 1.57 bits per heavy atom. The van der Waals surface area contributed by atoms with Crippen molar-refractivity contribution in [1.82, 2.24) is 10.6 Å². The number of hydrogen-bond acceptors (Lipinski definition) is 6. The van der Waals surface area contributed by atoms with Crippen molar-refractivity contribution in [3.05, 3.63) is 29.8 Å². The largest absolute Gasteiger partial charge is 0.508 e. The highest BCUT2D eigenvalue weighted by atomic mass is 16.4. The number of aliphatic carboxylic acids is 2. The normalized spacial score (nSPS) is 14.0. The van der Waals surface area contributed by atoms with E-state index in [2.05, 4.69) is 10.6 Å². The van der Waals surface area contributed by atoms with Gasteiger partial charge in [0.05, 0.1) is 12.5 Å². The van der Waals surface area contributed by atoms with E-state index in [4.69, 9.17) is 10.8 Å². The van der Waals surface area contributed by atoms with Crippen LogP contribution in [-0.2, 0) is 25.6 Å². The predicted octanol–water partition coefficient (Wildman–Crippen LogP) is -0.553. The summed E-state index contributed by atoms with van der Waals surface area (Å²) < 4.78 is 0. The van der Waals surface area contributed by atoms with Crippen LogP contribution in [0.5, 0.6) is 5.75 Å². The first-order valence-electron chi connectivity index (χ1n) is 8.60. The molecule has 0 heterocycles. The smallest absolute Gasteiger partial charge is 0.326 e. The van der Waals surface area contributed by atoms with E-state index >= 15 is 0 Å². The van der Waals surface area contributed by atoms with Gasteiger partial charge in [0.1, 0.15) is 17.8 Å². The molecule has 0 saturated carbocycles. The van der Waals surface area contributed by atoms with Crippen molar-refractivity contribution in [3.8, 4) is 5.75 Å². The maximum absolute atomic E-state index is 12.6. The lowest BCUT2D eigenvalue weighted by atomic mass is 10.0. The van der Waals surface area contributed by atoms with E-state index in [0.717, 1.165) is 0 Å². The molecule has 1 aromatic rings. The van der Waals surface area contributed by atoms with Crippen molar-refractivity contribution in [2.75, 3.05) is 0 Å². The number of phenolic OH excluding ortho intramolecular Hbond substituents is 1. The molecule has 0 bridgehead atoms. The zero-order chi connectivity index (χ0) is 21.4. The molecule has 3 atom stereocenters. The van der Waals surface area contributed by atoms with Gasteiger partial charge in [-0.15, -0.1) is 0 Å². The third-order valence-corrected chi connectivity index (χ3v) is 3.97. The molecule has 7 N–H and O–H groups in total. The number of phenols is 1. The number of carboxylic acid groups (broad SMARTS) is 2. The Balaban J connectivity index is 3.00. The molecule has 0 aliphatic rings. The predicted molar refractivity (Wildman–Crippen MR) is 98.4 cm³/mol. The number of nitrogens with two attached hydrogens (primary N) is 1. The molecule has 28 heavy (non-hydrogen) atoms. The van der Waals surface area contributed by atoms with Crippen LogP contribution in [0.3, 0.4) is 0 Å². The first-order chi connectivity index (χ1) is 13.0. The van der Waals surface area contributed by atoms with Crippen LogP contribution in [0.4, 0.5) is 0 Å². The van der Waals surface area contributed by atoms with E-state index in [-0.39, 0.29) is 12.2 Å². The summed E-state index contributed by atoms with van der Waals surface area (Å²) >= 11 is 0. The Morgan fingerprint density at radius 1 is 1.00 bits per heavy atom. The molecular formula is C18H25N3O7. The molecule has 10 heteroatoms. The van der Waals surface area contributed by atoms with Gasteiger partial charge in [0, 0.05) is 6.42 Å². The molecule has 0 aliphatic carbocycles. The molecule has 1 rings (SSSR count). The van der Waals surface area contributed by atoms with Crippen LogP contribution < -0.4 is 16.4 Å². The van der Waals surface area contributed by atoms with Crippen LogP contribution in [0, 0.1) is 5.92 Å². The molecule has 0 radical (unpaired) electrons. The van der Waals surface area contributed by atoms with E-state index in [0.29, 0.717) is 5.56 Å². The number of aromatic hydroxyl groups is 1. The second-order valence-corrected chi connectivity index (χ2v) is 6.70. The second-order valence-electron chi connectivity index (χ2n) is 6.70. The lowest BCUT2D eigenvalue weighted by Gasteiger charge is -2.24. The molecule has 0 saturated heterocycles. The van der Waals surface area contributed by atoms with Gasteiger partial charge >= 0.3 is 11.9 Å². The van der Waals surface area contributed by atoms with Gasteiger partial charge in [0.15, 0.2) is 0 Å². The van der Waals surface area contributed by atoms with Crippen molar-refractivity contribution < 1.29 is 34.5 Å². The molecule has 154 valence electrons. The standard InChI is InChI=1S/C18H25N3O7/c1-9(2)15(18(27)28)21-17(26)13(7-10-3-5-11(22)6-4-10)20-16(25)12(19)8-14(23)24/h3-6,9,12-13,15,22H,7-8,19H2,1-2H3,(H,20,25)(H,21,26)(H,23,24)(H,27,28)/t12-,13-,15-/m0/s1. The van der Waals surface area contributed by atoms with Gasteiger partial charge < -0.3 is 31.7 Å². The molecule has 1 aromatic carbocycles. The SMILES string of the molecule is CC(C)[C@H](NC(=O)[C@H](Cc1ccc(O)cc1)NC(=O)[C@@H](N)CC(=O)O)C(=O)O. The minimum Gasteiger partial charge on any atom is -0.508 e. The minimum atomic E-state index is -1.37. The Hall–Kier alpha value is -3.14. The quantitative estimate of drug-likeness (QED) is 0.305. The number of carboxylic acids is 2. The van der Waals surface area contributed by atoms with Gasteiger partial charge in [0.25, 0.3) is 0 Å². The van der Waals surface area contributed by atoms with Crippen LogP contribution in [0.15, 0.2) is 24.3 Å². The number of carbonyl (C=O) groups is 4. The van der Waals surface area contributed by atoms with E-state index in [1.807, 2.05) is 0 Å². The lowest BCUT2D eigenvalue weighted by molar-refractivity contribution is -0.143. The number of amides is 2. The maximum atomic E-state index is 12.6.